The van der Waals surface area contributed by atoms with E-state index < -0.39 is 0 Å². The summed E-state index contributed by atoms with van der Waals surface area (Å²) >= 11 is 0. The first kappa shape index (κ1) is 18.7. The number of likely N-dealkylation sites (tertiary alicyclic amines) is 1. The van der Waals surface area contributed by atoms with Gasteiger partial charge in [-0.1, -0.05) is 12.1 Å². The molecule has 1 amide bonds. The van der Waals surface area contributed by atoms with E-state index in [-0.39, 0.29) is 11.9 Å². The van der Waals surface area contributed by atoms with Crippen LogP contribution in [0.25, 0.3) is 0 Å². The van der Waals surface area contributed by atoms with Gasteiger partial charge in [0.15, 0.2) is 0 Å². The molecule has 2 saturated heterocycles. The second kappa shape index (κ2) is 7.82. The van der Waals surface area contributed by atoms with Gasteiger partial charge < -0.3 is 15.0 Å². The van der Waals surface area contributed by atoms with Gasteiger partial charge in [-0.15, -0.1) is 0 Å². The highest BCUT2D eigenvalue weighted by molar-refractivity contribution is 5.77. The number of nitrogens with one attached hydrogen (secondary N) is 2. The topological polar surface area (TPSA) is 70.2 Å². The molecule has 3 atom stereocenters. The molecular weight excluding hydrogens is 364 g/mol. The zero-order valence-corrected chi connectivity index (χ0v) is 17.1. The average molecular weight is 395 g/mol. The second-order valence-electron chi connectivity index (χ2n) is 8.68. The summed E-state index contributed by atoms with van der Waals surface area (Å²) in [6, 6.07) is 8.40. The minimum Gasteiger partial charge on any atom is -0.497 e. The molecule has 154 valence electrons. The predicted molar refractivity (Wildman–Crippen MR) is 111 cm³/mol. The van der Waals surface area contributed by atoms with Crippen molar-refractivity contribution in [2.45, 2.75) is 44.6 Å². The van der Waals surface area contributed by atoms with Crippen LogP contribution < -0.4 is 10.1 Å². The summed E-state index contributed by atoms with van der Waals surface area (Å²) in [5.41, 5.74) is 4.98. The third-order valence-electron chi connectivity index (χ3n) is 7.06. The van der Waals surface area contributed by atoms with Crippen LogP contribution in [0.15, 0.2) is 24.3 Å². The number of rotatable bonds is 5. The number of amides is 1. The molecule has 1 aromatic heterocycles. The van der Waals surface area contributed by atoms with Crippen LogP contribution >= 0.6 is 0 Å². The van der Waals surface area contributed by atoms with Crippen LogP contribution in [0.2, 0.25) is 0 Å². The maximum Gasteiger partial charge on any atom is 0.223 e. The summed E-state index contributed by atoms with van der Waals surface area (Å²) in [4.78, 5) is 15.4. The molecule has 1 aromatic carbocycles. The van der Waals surface area contributed by atoms with E-state index >= 15 is 0 Å². The zero-order chi connectivity index (χ0) is 19.8. The first-order valence-corrected chi connectivity index (χ1v) is 10.9. The number of carbonyl (C=O) groups excluding carboxylic acids is 1. The van der Waals surface area contributed by atoms with Crippen molar-refractivity contribution in [1.82, 2.24) is 20.4 Å². The number of fused-ring (bicyclic) bond motifs is 2. The quantitative estimate of drug-likeness (QED) is 0.818. The van der Waals surface area contributed by atoms with Crippen molar-refractivity contribution in [3.05, 3.63) is 46.8 Å². The lowest BCUT2D eigenvalue weighted by atomic mass is 9.89. The normalized spacial score (nSPS) is 25.7. The molecule has 6 nitrogen and oxygen atoms in total. The van der Waals surface area contributed by atoms with Gasteiger partial charge in [-0.05, 0) is 54.9 Å². The minimum atomic E-state index is 0.154. The lowest BCUT2D eigenvalue weighted by Crippen LogP contribution is -2.34. The molecule has 0 spiro atoms. The standard InChI is InChI=1S/C23H30N4O2/c1-29-17-8-6-15(7-9-17)23-19-13-24-12-16(19)14-27(23)22(28)11-10-21-18-4-2-3-5-20(18)25-26-21/h6-9,16,19,23-24H,2-5,10-14H2,1H3,(H,25,26)/t16-,19-,23+/m0/s1. The number of hydrogen-bond acceptors (Lipinski definition) is 4. The van der Waals surface area contributed by atoms with Crippen molar-refractivity contribution in [3.8, 4) is 5.75 Å². The third kappa shape index (κ3) is 3.44. The van der Waals surface area contributed by atoms with E-state index in [1.165, 1.54) is 29.7 Å². The van der Waals surface area contributed by atoms with Gasteiger partial charge in [0, 0.05) is 44.1 Å². The van der Waals surface area contributed by atoms with Crippen LogP contribution in [0.5, 0.6) is 5.75 Å². The molecule has 2 aromatic rings. The van der Waals surface area contributed by atoms with Crippen LogP contribution in [0.3, 0.4) is 0 Å². The molecule has 2 fully saturated rings. The Morgan fingerprint density at radius 3 is 2.86 bits per heavy atom. The summed E-state index contributed by atoms with van der Waals surface area (Å²) in [6.07, 6.45) is 5.94. The predicted octanol–water partition coefficient (Wildman–Crippen LogP) is 2.65. The molecule has 1 aliphatic carbocycles. The molecule has 29 heavy (non-hydrogen) atoms. The Labute approximate surface area is 172 Å². The molecule has 0 unspecified atom stereocenters. The fourth-order valence-electron chi connectivity index (χ4n) is 5.53. The number of benzene rings is 1. The summed E-state index contributed by atoms with van der Waals surface area (Å²) in [5.74, 6) is 2.15. The number of ether oxygens (including phenoxy) is 1. The maximum absolute atomic E-state index is 13.3. The Hall–Kier alpha value is -2.34. The Bertz CT molecular complexity index is 876. The number of hydrogen-bond donors (Lipinski definition) is 2. The molecule has 2 N–H and O–H groups in total. The van der Waals surface area contributed by atoms with Crippen LogP contribution in [0.4, 0.5) is 0 Å². The van der Waals surface area contributed by atoms with Crippen molar-refractivity contribution in [2.75, 3.05) is 26.7 Å². The van der Waals surface area contributed by atoms with Crippen molar-refractivity contribution < 1.29 is 9.53 Å². The number of aromatic nitrogens is 2. The molecule has 0 bridgehead atoms. The highest BCUT2D eigenvalue weighted by atomic mass is 16.5. The SMILES string of the molecule is COc1ccc([C@@H]2[C@H]3CNC[C@H]3CN2C(=O)CCc2n[nH]c3c2CCCC3)cc1. The van der Waals surface area contributed by atoms with Crippen molar-refractivity contribution in [3.63, 3.8) is 0 Å². The van der Waals surface area contributed by atoms with Crippen molar-refractivity contribution >= 4 is 5.91 Å². The van der Waals surface area contributed by atoms with E-state index in [2.05, 4.69) is 32.5 Å². The molecule has 0 saturated carbocycles. The van der Waals surface area contributed by atoms with Crippen molar-refractivity contribution in [1.29, 1.82) is 0 Å². The van der Waals surface area contributed by atoms with Gasteiger partial charge in [0.25, 0.3) is 0 Å². The van der Waals surface area contributed by atoms with E-state index in [9.17, 15) is 4.79 Å². The van der Waals surface area contributed by atoms with Gasteiger partial charge in [-0.25, -0.2) is 0 Å². The highest BCUT2D eigenvalue weighted by Crippen LogP contribution is 2.43. The van der Waals surface area contributed by atoms with E-state index in [0.29, 0.717) is 18.3 Å². The Kier molecular flexibility index (Phi) is 5.04. The molecule has 2 aliphatic heterocycles. The smallest absolute Gasteiger partial charge is 0.223 e. The molecule has 6 heteroatoms. The number of carbonyl (C=O) groups is 1. The minimum absolute atomic E-state index is 0.154. The summed E-state index contributed by atoms with van der Waals surface area (Å²) < 4.78 is 5.32. The van der Waals surface area contributed by atoms with E-state index in [1.807, 2.05) is 12.1 Å². The van der Waals surface area contributed by atoms with Crippen LogP contribution in [0.1, 0.15) is 47.8 Å². The molecule has 3 aliphatic rings. The summed E-state index contributed by atoms with van der Waals surface area (Å²) in [6.45, 7) is 2.85. The van der Waals surface area contributed by atoms with Crippen LogP contribution in [-0.2, 0) is 24.1 Å². The number of methoxy groups -OCH3 is 1. The van der Waals surface area contributed by atoms with Gasteiger partial charge in [-0.3, -0.25) is 9.89 Å². The average Bonchev–Trinajstić information content (AvgIpc) is 3.46. The monoisotopic (exact) mass is 394 g/mol. The molecule has 3 heterocycles. The number of aromatic amines is 1. The van der Waals surface area contributed by atoms with Crippen molar-refractivity contribution in [2.24, 2.45) is 11.8 Å². The van der Waals surface area contributed by atoms with Gasteiger partial charge in [0.2, 0.25) is 5.91 Å². The summed E-state index contributed by atoms with van der Waals surface area (Å²) in [5, 5.41) is 11.3. The number of H-pyrrole nitrogens is 1. The van der Waals surface area contributed by atoms with Crippen LogP contribution in [-0.4, -0.2) is 47.7 Å². The molecule has 5 rings (SSSR count). The van der Waals surface area contributed by atoms with E-state index in [1.54, 1.807) is 7.11 Å². The third-order valence-corrected chi connectivity index (χ3v) is 7.06. The lowest BCUT2D eigenvalue weighted by Gasteiger charge is -2.28. The largest absolute Gasteiger partial charge is 0.497 e. The Morgan fingerprint density at radius 1 is 1.21 bits per heavy atom. The number of nitrogens with zero attached hydrogens (tertiary/aromatic N) is 2. The van der Waals surface area contributed by atoms with Gasteiger partial charge in [0.05, 0.1) is 18.8 Å². The maximum atomic E-state index is 13.3. The Balaban J connectivity index is 1.32. The second-order valence-corrected chi connectivity index (χ2v) is 8.68. The van der Waals surface area contributed by atoms with Gasteiger partial charge >= 0.3 is 0 Å². The fraction of sp³-hybridized carbons (Fsp3) is 0.565. The number of aryl methyl sites for hydroxylation is 2. The van der Waals surface area contributed by atoms with Crippen LogP contribution in [0, 0.1) is 11.8 Å². The Morgan fingerprint density at radius 2 is 2.03 bits per heavy atom. The fourth-order valence-corrected chi connectivity index (χ4v) is 5.53. The van der Waals surface area contributed by atoms with E-state index in [4.69, 9.17) is 4.74 Å². The zero-order valence-electron chi connectivity index (χ0n) is 17.1. The lowest BCUT2D eigenvalue weighted by molar-refractivity contribution is -0.132. The molecular formula is C23H30N4O2. The summed E-state index contributed by atoms with van der Waals surface area (Å²) in [7, 11) is 1.69. The van der Waals surface area contributed by atoms with Gasteiger partial charge in [-0.2, -0.15) is 5.10 Å². The van der Waals surface area contributed by atoms with Gasteiger partial charge in [0.1, 0.15) is 5.75 Å². The van der Waals surface area contributed by atoms with E-state index in [0.717, 1.165) is 50.3 Å². The molecule has 0 radical (unpaired) electrons. The first-order chi connectivity index (χ1) is 14.2. The first-order valence-electron chi connectivity index (χ1n) is 10.9. The highest BCUT2D eigenvalue weighted by Gasteiger charge is 2.46.